The molecule has 106 valence electrons. The van der Waals surface area contributed by atoms with E-state index in [9.17, 15) is 5.11 Å². The maximum Gasteiger partial charge on any atom is 0.103 e. The van der Waals surface area contributed by atoms with Crippen molar-refractivity contribution in [1.82, 2.24) is 0 Å². The molecule has 2 aromatic carbocycles. The standard InChI is InChI=1S/C17H21NOS/c1-14-7-9-16(10-8-14)20-12-11-17(19,13-18)15-5-3-2-4-6-15/h2-10,19H,11-13,18H2,1H3. The summed E-state index contributed by atoms with van der Waals surface area (Å²) in [4.78, 5) is 1.23. The van der Waals surface area contributed by atoms with E-state index >= 15 is 0 Å². The van der Waals surface area contributed by atoms with Gasteiger partial charge >= 0.3 is 0 Å². The second kappa shape index (κ2) is 6.93. The second-order valence-corrected chi connectivity index (χ2v) is 6.18. The van der Waals surface area contributed by atoms with Crippen molar-refractivity contribution in [2.24, 2.45) is 5.73 Å². The third kappa shape index (κ3) is 3.85. The van der Waals surface area contributed by atoms with Crippen LogP contribution in [0, 0.1) is 6.92 Å². The molecule has 3 N–H and O–H groups in total. The van der Waals surface area contributed by atoms with Crippen LogP contribution >= 0.6 is 11.8 Å². The topological polar surface area (TPSA) is 46.2 Å². The van der Waals surface area contributed by atoms with Gasteiger partial charge in [-0.25, -0.2) is 0 Å². The minimum Gasteiger partial charge on any atom is -0.384 e. The van der Waals surface area contributed by atoms with Crippen molar-refractivity contribution in [3.05, 3.63) is 65.7 Å². The molecule has 0 aromatic heterocycles. The van der Waals surface area contributed by atoms with E-state index in [2.05, 4.69) is 31.2 Å². The molecule has 0 heterocycles. The van der Waals surface area contributed by atoms with Crippen LogP contribution in [0.25, 0.3) is 0 Å². The smallest absolute Gasteiger partial charge is 0.103 e. The molecule has 1 unspecified atom stereocenters. The van der Waals surface area contributed by atoms with Crippen molar-refractivity contribution in [2.45, 2.75) is 23.8 Å². The summed E-state index contributed by atoms with van der Waals surface area (Å²) in [5.74, 6) is 0.839. The van der Waals surface area contributed by atoms with Gasteiger partial charge in [-0.1, -0.05) is 48.0 Å². The Bertz CT molecular complexity index is 526. The van der Waals surface area contributed by atoms with E-state index in [4.69, 9.17) is 5.73 Å². The van der Waals surface area contributed by atoms with Crippen LogP contribution in [0.3, 0.4) is 0 Å². The third-order valence-corrected chi connectivity index (χ3v) is 4.47. The minimum atomic E-state index is -0.932. The molecule has 2 aromatic rings. The highest BCUT2D eigenvalue weighted by molar-refractivity contribution is 7.99. The summed E-state index contributed by atoms with van der Waals surface area (Å²) >= 11 is 1.75. The van der Waals surface area contributed by atoms with Crippen LogP contribution in [0.5, 0.6) is 0 Å². The van der Waals surface area contributed by atoms with Crippen molar-refractivity contribution in [3.8, 4) is 0 Å². The minimum absolute atomic E-state index is 0.242. The van der Waals surface area contributed by atoms with Crippen molar-refractivity contribution in [2.75, 3.05) is 12.3 Å². The molecule has 20 heavy (non-hydrogen) atoms. The van der Waals surface area contributed by atoms with Crippen LogP contribution in [0.1, 0.15) is 17.5 Å². The van der Waals surface area contributed by atoms with Gasteiger partial charge in [0, 0.05) is 17.2 Å². The Balaban J connectivity index is 1.96. The first-order valence-electron chi connectivity index (χ1n) is 6.81. The van der Waals surface area contributed by atoms with Crippen molar-refractivity contribution in [1.29, 1.82) is 0 Å². The Hall–Kier alpha value is -1.29. The molecule has 0 radical (unpaired) electrons. The number of aryl methyl sites for hydroxylation is 1. The highest BCUT2D eigenvalue weighted by Gasteiger charge is 2.26. The molecule has 0 saturated heterocycles. The van der Waals surface area contributed by atoms with E-state index in [1.165, 1.54) is 10.5 Å². The number of hydrogen-bond acceptors (Lipinski definition) is 3. The summed E-state index contributed by atoms with van der Waals surface area (Å²) in [6.07, 6.45) is 0.645. The van der Waals surface area contributed by atoms with E-state index in [1.54, 1.807) is 11.8 Å². The molecule has 3 heteroatoms. The Labute approximate surface area is 125 Å². The number of hydrogen-bond donors (Lipinski definition) is 2. The van der Waals surface area contributed by atoms with Crippen LogP contribution in [0.2, 0.25) is 0 Å². The summed E-state index contributed by atoms with van der Waals surface area (Å²) in [7, 11) is 0. The molecule has 0 bridgehead atoms. The monoisotopic (exact) mass is 287 g/mol. The summed E-state index contributed by atoms with van der Waals surface area (Å²) in [6, 6.07) is 18.1. The Kier molecular flexibility index (Phi) is 5.24. The fraction of sp³-hybridized carbons (Fsp3) is 0.294. The Morgan fingerprint density at radius 3 is 2.30 bits per heavy atom. The lowest BCUT2D eigenvalue weighted by atomic mass is 9.91. The highest BCUT2D eigenvalue weighted by Crippen LogP contribution is 2.28. The van der Waals surface area contributed by atoms with Gasteiger partial charge in [-0.2, -0.15) is 0 Å². The molecular weight excluding hydrogens is 266 g/mol. The molecule has 0 spiro atoms. The normalized spacial score (nSPS) is 13.9. The van der Waals surface area contributed by atoms with Gasteiger partial charge in [-0.15, -0.1) is 11.8 Å². The van der Waals surface area contributed by atoms with E-state index in [0.717, 1.165) is 11.3 Å². The van der Waals surface area contributed by atoms with Gasteiger partial charge in [0.05, 0.1) is 0 Å². The van der Waals surface area contributed by atoms with Crippen LogP contribution < -0.4 is 5.73 Å². The number of aliphatic hydroxyl groups is 1. The molecule has 2 nitrogen and oxygen atoms in total. The van der Waals surface area contributed by atoms with Crippen LogP contribution in [-0.2, 0) is 5.60 Å². The van der Waals surface area contributed by atoms with Crippen LogP contribution in [0.15, 0.2) is 59.5 Å². The summed E-state index contributed by atoms with van der Waals surface area (Å²) in [5.41, 5.74) is 7.00. The van der Waals surface area contributed by atoms with Crippen LogP contribution in [-0.4, -0.2) is 17.4 Å². The average Bonchev–Trinajstić information content (AvgIpc) is 2.50. The summed E-state index contributed by atoms with van der Waals surface area (Å²) in [6.45, 7) is 2.32. The molecule has 1 atom stereocenters. The molecule has 2 rings (SSSR count). The fourth-order valence-electron chi connectivity index (χ4n) is 2.08. The van der Waals surface area contributed by atoms with Gasteiger partial charge < -0.3 is 10.8 Å². The van der Waals surface area contributed by atoms with E-state index in [-0.39, 0.29) is 6.54 Å². The largest absolute Gasteiger partial charge is 0.384 e. The predicted molar refractivity (Wildman–Crippen MR) is 85.9 cm³/mol. The zero-order valence-electron chi connectivity index (χ0n) is 11.8. The molecule has 0 amide bonds. The molecule has 0 saturated carbocycles. The number of benzene rings is 2. The number of thioether (sulfide) groups is 1. The predicted octanol–water partition coefficient (Wildman–Crippen LogP) is 3.32. The Morgan fingerprint density at radius 2 is 1.70 bits per heavy atom. The second-order valence-electron chi connectivity index (χ2n) is 5.01. The lowest BCUT2D eigenvalue weighted by Gasteiger charge is -2.27. The lowest BCUT2D eigenvalue weighted by Crippen LogP contribution is -2.35. The van der Waals surface area contributed by atoms with Gasteiger partial charge in [0.1, 0.15) is 5.60 Å². The fourth-order valence-corrected chi connectivity index (χ4v) is 3.09. The number of rotatable bonds is 6. The molecule has 0 fully saturated rings. The van der Waals surface area contributed by atoms with Crippen molar-refractivity contribution >= 4 is 11.8 Å². The highest BCUT2D eigenvalue weighted by atomic mass is 32.2. The zero-order valence-corrected chi connectivity index (χ0v) is 12.6. The van der Waals surface area contributed by atoms with Gasteiger partial charge in [0.25, 0.3) is 0 Å². The van der Waals surface area contributed by atoms with Crippen molar-refractivity contribution in [3.63, 3.8) is 0 Å². The van der Waals surface area contributed by atoms with Gasteiger partial charge in [-0.3, -0.25) is 0 Å². The Morgan fingerprint density at radius 1 is 1.05 bits per heavy atom. The van der Waals surface area contributed by atoms with E-state index in [0.29, 0.717) is 6.42 Å². The summed E-state index contributed by atoms with van der Waals surface area (Å²) in [5, 5.41) is 10.7. The number of nitrogens with two attached hydrogens (primary N) is 1. The summed E-state index contributed by atoms with van der Waals surface area (Å²) < 4.78 is 0. The van der Waals surface area contributed by atoms with Gasteiger partial charge in [0.2, 0.25) is 0 Å². The quantitative estimate of drug-likeness (QED) is 0.801. The molecule has 0 aliphatic heterocycles. The average molecular weight is 287 g/mol. The molecular formula is C17H21NOS. The zero-order chi connectivity index (χ0) is 14.4. The van der Waals surface area contributed by atoms with E-state index < -0.39 is 5.60 Å². The van der Waals surface area contributed by atoms with E-state index in [1.807, 2.05) is 30.3 Å². The maximum atomic E-state index is 10.7. The lowest BCUT2D eigenvalue weighted by molar-refractivity contribution is 0.0431. The first-order valence-corrected chi connectivity index (χ1v) is 7.80. The molecule has 0 aliphatic rings. The van der Waals surface area contributed by atoms with Crippen molar-refractivity contribution < 1.29 is 5.11 Å². The van der Waals surface area contributed by atoms with Crippen LogP contribution in [0.4, 0.5) is 0 Å². The first-order chi connectivity index (χ1) is 9.64. The van der Waals surface area contributed by atoms with Gasteiger partial charge in [-0.05, 0) is 31.0 Å². The van der Waals surface area contributed by atoms with Gasteiger partial charge in [0.15, 0.2) is 0 Å². The maximum absolute atomic E-state index is 10.7. The first kappa shape index (κ1) is 15.1. The molecule has 0 aliphatic carbocycles. The third-order valence-electron chi connectivity index (χ3n) is 3.45. The SMILES string of the molecule is Cc1ccc(SCCC(O)(CN)c2ccccc2)cc1.